The van der Waals surface area contributed by atoms with Crippen molar-refractivity contribution < 1.29 is 9.18 Å². The van der Waals surface area contributed by atoms with Crippen LogP contribution in [0.3, 0.4) is 0 Å². The first kappa shape index (κ1) is 18.0. The molecule has 1 N–H and O–H groups in total. The van der Waals surface area contributed by atoms with Crippen LogP contribution < -0.4 is 5.32 Å². The van der Waals surface area contributed by atoms with Gasteiger partial charge in [-0.15, -0.1) is 5.10 Å². The molecule has 0 fully saturated rings. The van der Waals surface area contributed by atoms with Gasteiger partial charge in [-0.25, -0.2) is 9.07 Å². The summed E-state index contributed by atoms with van der Waals surface area (Å²) in [6.07, 6.45) is 3.64. The van der Waals surface area contributed by atoms with Crippen LogP contribution >= 0.6 is 0 Å². The van der Waals surface area contributed by atoms with E-state index in [1.807, 2.05) is 61.7 Å². The van der Waals surface area contributed by atoms with Crippen LogP contribution in [0.5, 0.6) is 0 Å². The number of hydrogen-bond donors (Lipinski definition) is 1. The second-order valence-corrected chi connectivity index (χ2v) is 7.21. The number of aromatic nitrogens is 3. The van der Waals surface area contributed by atoms with E-state index < -0.39 is 0 Å². The second-order valence-electron chi connectivity index (χ2n) is 7.21. The SMILES string of the molecule is Cc1cccc(-n2cc(-c3ccc(/C=C4\C(=O)Nc5ccc(F)cc54)cc3)nn2)c1. The Bertz CT molecular complexity index is 1310. The van der Waals surface area contributed by atoms with Gasteiger partial charge in [0.05, 0.1) is 11.9 Å². The zero-order chi connectivity index (χ0) is 20.7. The predicted molar refractivity (Wildman–Crippen MR) is 114 cm³/mol. The number of carbonyl (C=O) groups excluding carboxylic acids is 1. The number of nitrogens with zero attached hydrogens (tertiary/aromatic N) is 3. The van der Waals surface area contributed by atoms with Gasteiger partial charge >= 0.3 is 0 Å². The van der Waals surface area contributed by atoms with Crippen molar-refractivity contribution in [2.75, 3.05) is 5.32 Å². The van der Waals surface area contributed by atoms with Crippen LogP contribution in [0.1, 0.15) is 16.7 Å². The maximum atomic E-state index is 13.6. The van der Waals surface area contributed by atoms with Crippen molar-refractivity contribution in [1.29, 1.82) is 0 Å². The van der Waals surface area contributed by atoms with Crippen molar-refractivity contribution in [1.82, 2.24) is 15.0 Å². The highest BCUT2D eigenvalue weighted by Gasteiger charge is 2.24. The summed E-state index contributed by atoms with van der Waals surface area (Å²) in [7, 11) is 0. The third kappa shape index (κ3) is 3.28. The number of anilines is 1. The van der Waals surface area contributed by atoms with Gasteiger partial charge in [-0.2, -0.15) is 0 Å². The lowest BCUT2D eigenvalue weighted by Crippen LogP contribution is -2.03. The Hall–Kier alpha value is -4.06. The largest absolute Gasteiger partial charge is 0.321 e. The van der Waals surface area contributed by atoms with Crippen LogP contribution in [-0.4, -0.2) is 20.9 Å². The molecule has 0 saturated heterocycles. The fourth-order valence-electron chi connectivity index (χ4n) is 3.51. The van der Waals surface area contributed by atoms with Crippen LogP contribution in [0.4, 0.5) is 10.1 Å². The quantitative estimate of drug-likeness (QED) is 0.503. The molecule has 0 saturated carbocycles. The molecule has 1 aliphatic rings. The van der Waals surface area contributed by atoms with Gasteiger partial charge in [0.1, 0.15) is 11.5 Å². The lowest BCUT2D eigenvalue weighted by Gasteiger charge is -2.01. The van der Waals surface area contributed by atoms with E-state index >= 15 is 0 Å². The fourth-order valence-corrected chi connectivity index (χ4v) is 3.51. The van der Waals surface area contributed by atoms with E-state index in [2.05, 4.69) is 15.6 Å². The Morgan fingerprint density at radius 3 is 2.67 bits per heavy atom. The van der Waals surface area contributed by atoms with Crippen LogP contribution in [0.25, 0.3) is 28.6 Å². The number of hydrogen-bond acceptors (Lipinski definition) is 3. The van der Waals surface area contributed by atoms with E-state index in [9.17, 15) is 9.18 Å². The van der Waals surface area contributed by atoms with E-state index in [0.29, 0.717) is 16.8 Å². The number of fused-ring (bicyclic) bond motifs is 1. The summed E-state index contributed by atoms with van der Waals surface area (Å²) in [5, 5.41) is 11.2. The highest BCUT2D eigenvalue weighted by Crippen LogP contribution is 2.33. The normalized spacial score (nSPS) is 14.1. The van der Waals surface area contributed by atoms with Gasteiger partial charge < -0.3 is 5.32 Å². The van der Waals surface area contributed by atoms with Crippen molar-refractivity contribution in [2.24, 2.45) is 0 Å². The lowest BCUT2D eigenvalue weighted by molar-refractivity contribution is -0.110. The van der Waals surface area contributed by atoms with E-state index in [4.69, 9.17) is 0 Å². The Morgan fingerprint density at radius 1 is 1.03 bits per heavy atom. The first-order chi connectivity index (χ1) is 14.6. The number of carbonyl (C=O) groups is 1. The van der Waals surface area contributed by atoms with Crippen molar-refractivity contribution in [2.45, 2.75) is 6.92 Å². The molecule has 3 aromatic carbocycles. The summed E-state index contributed by atoms with van der Waals surface area (Å²) >= 11 is 0. The number of nitrogens with one attached hydrogen (secondary N) is 1. The topological polar surface area (TPSA) is 59.8 Å². The van der Waals surface area contributed by atoms with Gasteiger partial charge in [0.25, 0.3) is 5.91 Å². The number of rotatable bonds is 3. The van der Waals surface area contributed by atoms with Gasteiger partial charge in [-0.1, -0.05) is 41.6 Å². The molecule has 0 spiro atoms. The zero-order valence-corrected chi connectivity index (χ0v) is 16.1. The third-order valence-corrected chi connectivity index (χ3v) is 5.04. The fraction of sp³-hybridized carbons (Fsp3) is 0.0417. The summed E-state index contributed by atoms with van der Waals surface area (Å²) in [5.74, 6) is -0.607. The Morgan fingerprint density at radius 2 is 1.87 bits per heavy atom. The average Bonchev–Trinajstić information content (AvgIpc) is 3.34. The minimum atomic E-state index is -0.372. The number of benzene rings is 3. The molecule has 5 nitrogen and oxygen atoms in total. The van der Waals surface area contributed by atoms with Gasteiger partial charge in [0.2, 0.25) is 0 Å². The van der Waals surface area contributed by atoms with Crippen LogP contribution in [-0.2, 0) is 4.79 Å². The van der Waals surface area contributed by atoms with E-state index in [1.165, 1.54) is 12.1 Å². The monoisotopic (exact) mass is 396 g/mol. The molecule has 1 aliphatic heterocycles. The minimum Gasteiger partial charge on any atom is -0.321 e. The first-order valence-corrected chi connectivity index (χ1v) is 9.50. The molecule has 0 aliphatic carbocycles. The molecule has 0 bridgehead atoms. The van der Waals surface area contributed by atoms with E-state index in [1.54, 1.807) is 16.8 Å². The maximum absolute atomic E-state index is 13.6. The predicted octanol–water partition coefficient (Wildman–Crippen LogP) is 4.87. The Balaban J connectivity index is 1.43. The Labute approximate surface area is 172 Å². The van der Waals surface area contributed by atoms with Crippen molar-refractivity contribution in [3.63, 3.8) is 0 Å². The van der Waals surface area contributed by atoms with Gasteiger partial charge in [-0.3, -0.25) is 4.79 Å². The summed E-state index contributed by atoms with van der Waals surface area (Å²) in [5.41, 5.74) is 6.25. The van der Waals surface area contributed by atoms with Crippen molar-refractivity contribution >= 4 is 23.2 Å². The van der Waals surface area contributed by atoms with Crippen molar-refractivity contribution in [3.8, 4) is 16.9 Å². The second kappa shape index (κ2) is 7.08. The maximum Gasteiger partial charge on any atom is 0.256 e. The van der Waals surface area contributed by atoms with E-state index in [0.717, 1.165) is 28.1 Å². The average molecular weight is 396 g/mol. The van der Waals surface area contributed by atoms with Gasteiger partial charge in [0.15, 0.2) is 0 Å². The first-order valence-electron chi connectivity index (χ1n) is 9.50. The standard InChI is InChI=1S/C24H17FN4O/c1-15-3-2-4-19(11-15)29-14-23(27-28-29)17-7-5-16(6-8-17)12-21-20-13-18(25)9-10-22(20)26-24(21)30/h2-14H,1H3,(H,26,30)/b21-12-. The molecule has 1 amide bonds. The highest BCUT2D eigenvalue weighted by atomic mass is 19.1. The van der Waals surface area contributed by atoms with Crippen LogP contribution in [0.2, 0.25) is 0 Å². The molecule has 2 heterocycles. The smallest absolute Gasteiger partial charge is 0.256 e. The Kier molecular flexibility index (Phi) is 4.25. The molecular weight excluding hydrogens is 379 g/mol. The number of amides is 1. The molecule has 0 radical (unpaired) electrons. The molecule has 5 rings (SSSR count). The minimum absolute atomic E-state index is 0.235. The number of aryl methyl sites for hydroxylation is 1. The summed E-state index contributed by atoms with van der Waals surface area (Å²) in [4.78, 5) is 12.3. The highest BCUT2D eigenvalue weighted by molar-refractivity contribution is 6.34. The molecule has 0 atom stereocenters. The van der Waals surface area contributed by atoms with Gasteiger partial charge in [-0.05, 0) is 54.5 Å². The van der Waals surface area contributed by atoms with Crippen LogP contribution in [0, 0.1) is 12.7 Å². The summed E-state index contributed by atoms with van der Waals surface area (Å²) in [6, 6.07) is 20.0. The lowest BCUT2D eigenvalue weighted by atomic mass is 10.0. The summed E-state index contributed by atoms with van der Waals surface area (Å²) in [6.45, 7) is 2.03. The molecule has 146 valence electrons. The molecule has 6 heteroatoms. The molecule has 30 heavy (non-hydrogen) atoms. The molecule has 4 aromatic rings. The molecule has 0 unspecified atom stereocenters. The summed E-state index contributed by atoms with van der Waals surface area (Å²) < 4.78 is 15.3. The third-order valence-electron chi connectivity index (χ3n) is 5.04. The number of halogens is 1. The molecule has 1 aromatic heterocycles. The van der Waals surface area contributed by atoms with E-state index in [-0.39, 0.29) is 11.7 Å². The van der Waals surface area contributed by atoms with Crippen molar-refractivity contribution in [3.05, 3.63) is 95.4 Å². The zero-order valence-electron chi connectivity index (χ0n) is 16.1. The molecular formula is C24H17FN4O. The van der Waals surface area contributed by atoms with Gasteiger partial charge in [0, 0.05) is 22.4 Å². The van der Waals surface area contributed by atoms with Crippen LogP contribution in [0.15, 0.2) is 72.9 Å².